The van der Waals surface area contributed by atoms with E-state index in [9.17, 15) is 13.2 Å². The molecule has 1 aliphatic heterocycles. The van der Waals surface area contributed by atoms with Crippen molar-refractivity contribution in [1.29, 1.82) is 0 Å². The summed E-state index contributed by atoms with van der Waals surface area (Å²) in [5.41, 5.74) is 1.45. The molecular formula is C19H22N2O5S. The normalized spacial score (nSPS) is 15.9. The molecule has 1 amide bonds. The highest BCUT2D eigenvalue weighted by atomic mass is 32.2. The van der Waals surface area contributed by atoms with Gasteiger partial charge in [-0.1, -0.05) is 24.3 Å². The van der Waals surface area contributed by atoms with E-state index in [4.69, 9.17) is 9.15 Å². The Hall–Kier alpha value is -2.42. The molecule has 27 heavy (non-hydrogen) atoms. The second-order valence-corrected chi connectivity index (χ2v) is 8.07. The van der Waals surface area contributed by atoms with E-state index in [0.717, 1.165) is 5.56 Å². The number of rotatable bonds is 7. The lowest BCUT2D eigenvalue weighted by Gasteiger charge is -2.26. The van der Waals surface area contributed by atoms with Crippen LogP contribution in [0, 0.1) is 0 Å². The van der Waals surface area contributed by atoms with Crippen molar-refractivity contribution in [2.75, 3.05) is 26.3 Å². The summed E-state index contributed by atoms with van der Waals surface area (Å²) in [5.74, 6) is 0.209. The molecular weight excluding hydrogens is 368 g/mol. The number of nitrogens with zero attached hydrogens (tertiary/aromatic N) is 1. The molecule has 1 N–H and O–H groups in total. The minimum atomic E-state index is -3.42. The second-order valence-electron chi connectivity index (χ2n) is 6.10. The van der Waals surface area contributed by atoms with E-state index in [2.05, 4.69) is 5.32 Å². The minimum absolute atomic E-state index is 0.0960. The predicted octanol–water partition coefficient (Wildman–Crippen LogP) is 1.77. The molecule has 1 aliphatic rings. The lowest BCUT2D eigenvalue weighted by molar-refractivity contribution is -0.116. The van der Waals surface area contributed by atoms with Crippen LogP contribution in [0.4, 0.5) is 0 Å². The van der Waals surface area contributed by atoms with Gasteiger partial charge in [-0.05, 0) is 29.3 Å². The lowest BCUT2D eigenvalue weighted by Crippen LogP contribution is -2.41. The van der Waals surface area contributed by atoms with Gasteiger partial charge in [-0.3, -0.25) is 4.79 Å². The van der Waals surface area contributed by atoms with E-state index in [0.29, 0.717) is 37.6 Å². The molecule has 7 nitrogen and oxygen atoms in total. The summed E-state index contributed by atoms with van der Waals surface area (Å²) in [6.07, 6.45) is 4.48. The number of amides is 1. The Morgan fingerprint density at radius 3 is 2.56 bits per heavy atom. The Balaban J connectivity index is 1.62. The van der Waals surface area contributed by atoms with Crippen LogP contribution in [-0.4, -0.2) is 44.9 Å². The zero-order valence-electron chi connectivity index (χ0n) is 14.8. The maximum absolute atomic E-state index is 12.6. The third kappa shape index (κ3) is 5.53. The lowest BCUT2D eigenvalue weighted by atomic mass is 10.1. The fraction of sp³-hybridized carbons (Fsp3) is 0.316. The number of nitrogens with one attached hydrogen (secondary N) is 1. The zero-order valence-corrected chi connectivity index (χ0v) is 15.7. The van der Waals surface area contributed by atoms with Gasteiger partial charge in [0.15, 0.2) is 0 Å². The Labute approximate surface area is 158 Å². The van der Waals surface area contributed by atoms with Crippen LogP contribution in [0.15, 0.2) is 53.2 Å². The van der Waals surface area contributed by atoms with E-state index in [1.807, 2.05) is 12.1 Å². The van der Waals surface area contributed by atoms with Crippen LogP contribution in [-0.2, 0) is 31.9 Å². The maximum atomic E-state index is 12.6. The molecule has 8 heteroatoms. The molecule has 144 valence electrons. The molecule has 2 aromatic rings. The number of ether oxygens (including phenoxy) is 1. The monoisotopic (exact) mass is 390 g/mol. The number of furan rings is 1. The highest BCUT2D eigenvalue weighted by molar-refractivity contribution is 7.88. The largest absolute Gasteiger partial charge is 0.465 e. The fourth-order valence-corrected chi connectivity index (χ4v) is 4.33. The smallest absolute Gasteiger partial charge is 0.244 e. The molecule has 0 saturated carbocycles. The first-order chi connectivity index (χ1) is 13.0. The first kappa shape index (κ1) is 19.3. The summed E-state index contributed by atoms with van der Waals surface area (Å²) < 4.78 is 37.1. The summed E-state index contributed by atoms with van der Waals surface area (Å²) >= 11 is 0. The van der Waals surface area contributed by atoms with Crippen molar-refractivity contribution in [2.24, 2.45) is 0 Å². The van der Waals surface area contributed by atoms with Gasteiger partial charge in [-0.25, -0.2) is 8.42 Å². The quantitative estimate of drug-likeness (QED) is 0.728. The van der Waals surface area contributed by atoms with Gasteiger partial charge in [0.25, 0.3) is 0 Å². The summed E-state index contributed by atoms with van der Waals surface area (Å²) in [6.45, 7) is 1.83. The van der Waals surface area contributed by atoms with Crippen molar-refractivity contribution in [2.45, 2.75) is 12.3 Å². The van der Waals surface area contributed by atoms with Crippen molar-refractivity contribution < 1.29 is 22.4 Å². The average Bonchev–Trinajstić information content (AvgIpc) is 3.20. The topological polar surface area (TPSA) is 88.8 Å². The predicted molar refractivity (Wildman–Crippen MR) is 101 cm³/mol. The number of carbonyl (C=O) groups is 1. The van der Waals surface area contributed by atoms with Crippen molar-refractivity contribution in [3.05, 3.63) is 65.6 Å². The van der Waals surface area contributed by atoms with Gasteiger partial charge in [0, 0.05) is 25.7 Å². The molecule has 1 saturated heterocycles. The molecule has 1 fully saturated rings. The van der Waals surface area contributed by atoms with Crippen LogP contribution in [0.2, 0.25) is 0 Å². The molecule has 0 spiro atoms. The Morgan fingerprint density at radius 2 is 1.85 bits per heavy atom. The zero-order chi connectivity index (χ0) is 19.1. The number of hydrogen-bond acceptors (Lipinski definition) is 5. The van der Waals surface area contributed by atoms with Gasteiger partial charge >= 0.3 is 0 Å². The van der Waals surface area contributed by atoms with E-state index in [1.165, 1.54) is 16.6 Å². The van der Waals surface area contributed by atoms with E-state index < -0.39 is 10.0 Å². The summed E-state index contributed by atoms with van der Waals surface area (Å²) in [5, 5.41) is 2.77. The molecule has 0 aliphatic carbocycles. The van der Waals surface area contributed by atoms with Gasteiger partial charge in [0.2, 0.25) is 15.9 Å². The first-order valence-electron chi connectivity index (χ1n) is 8.66. The summed E-state index contributed by atoms with van der Waals surface area (Å²) in [7, 11) is -3.42. The van der Waals surface area contributed by atoms with Crippen molar-refractivity contribution in [3.63, 3.8) is 0 Å². The van der Waals surface area contributed by atoms with E-state index >= 15 is 0 Å². The number of hydrogen-bond donors (Lipinski definition) is 1. The number of sulfonamides is 1. The molecule has 0 bridgehead atoms. The highest BCUT2D eigenvalue weighted by Crippen LogP contribution is 2.16. The fourth-order valence-electron chi connectivity index (χ4n) is 2.77. The molecule has 0 unspecified atom stereocenters. The molecule has 2 heterocycles. The van der Waals surface area contributed by atoms with Gasteiger partial charge < -0.3 is 14.5 Å². The van der Waals surface area contributed by atoms with Crippen LogP contribution < -0.4 is 5.32 Å². The molecule has 0 atom stereocenters. The number of benzene rings is 1. The molecule has 0 radical (unpaired) electrons. The Kier molecular flexibility index (Phi) is 6.44. The van der Waals surface area contributed by atoms with E-state index in [-0.39, 0.29) is 18.2 Å². The summed E-state index contributed by atoms with van der Waals surface area (Å²) in [6, 6.07) is 10.7. The van der Waals surface area contributed by atoms with Crippen LogP contribution in [0.5, 0.6) is 0 Å². The molecule has 1 aromatic heterocycles. The van der Waals surface area contributed by atoms with Gasteiger partial charge in [0.1, 0.15) is 5.76 Å². The molecule has 1 aromatic carbocycles. The van der Waals surface area contributed by atoms with E-state index in [1.54, 1.807) is 30.3 Å². The Morgan fingerprint density at radius 1 is 1.11 bits per heavy atom. The first-order valence-corrected chi connectivity index (χ1v) is 10.3. The van der Waals surface area contributed by atoms with Gasteiger partial charge in [0.05, 0.1) is 25.2 Å². The number of morpholine rings is 1. The second kappa shape index (κ2) is 8.98. The van der Waals surface area contributed by atoms with Crippen molar-refractivity contribution in [1.82, 2.24) is 9.62 Å². The SMILES string of the molecule is O=C(/C=C/c1ccco1)NCc1ccccc1CS(=O)(=O)N1CCOCC1. The van der Waals surface area contributed by atoms with Crippen LogP contribution in [0.3, 0.4) is 0 Å². The van der Waals surface area contributed by atoms with Gasteiger partial charge in [-0.2, -0.15) is 4.31 Å². The van der Waals surface area contributed by atoms with Crippen LogP contribution >= 0.6 is 0 Å². The Bertz CT molecular complexity index is 885. The summed E-state index contributed by atoms with van der Waals surface area (Å²) in [4.78, 5) is 12.0. The third-order valence-electron chi connectivity index (χ3n) is 4.21. The number of carbonyl (C=O) groups excluding carboxylic acids is 1. The maximum Gasteiger partial charge on any atom is 0.244 e. The van der Waals surface area contributed by atoms with Crippen LogP contribution in [0.1, 0.15) is 16.9 Å². The van der Waals surface area contributed by atoms with Crippen molar-refractivity contribution in [3.8, 4) is 0 Å². The molecule has 3 rings (SSSR count). The highest BCUT2D eigenvalue weighted by Gasteiger charge is 2.25. The average molecular weight is 390 g/mol. The third-order valence-corrected chi connectivity index (χ3v) is 6.04. The van der Waals surface area contributed by atoms with Gasteiger partial charge in [-0.15, -0.1) is 0 Å². The standard InChI is InChI=1S/C19H22N2O5S/c22-19(8-7-18-6-3-11-26-18)20-14-16-4-1-2-5-17(16)15-27(23,24)21-9-12-25-13-10-21/h1-8,11H,9-10,12-15H2,(H,20,22)/b8-7+. The van der Waals surface area contributed by atoms with Crippen molar-refractivity contribution >= 4 is 22.0 Å². The minimum Gasteiger partial charge on any atom is -0.465 e. The van der Waals surface area contributed by atoms with Crippen LogP contribution in [0.25, 0.3) is 6.08 Å².